The first-order valence-corrected chi connectivity index (χ1v) is 23.1. The van der Waals surface area contributed by atoms with E-state index < -0.39 is 61.6 Å². The van der Waals surface area contributed by atoms with Gasteiger partial charge in [-0.1, -0.05) is 25.0 Å². The molecule has 5 atom stereocenters. The normalized spacial score (nSPS) is 31.5. The van der Waals surface area contributed by atoms with E-state index in [-0.39, 0.29) is 43.7 Å². The summed E-state index contributed by atoms with van der Waals surface area (Å²) in [6.07, 6.45) is 15.5. The number of aromatic nitrogens is 1. The number of aryl methyl sites for hydroxylation is 1. The molecule has 1 spiro atoms. The summed E-state index contributed by atoms with van der Waals surface area (Å²) in [5.74, 6) is -1.39. The molecule has 0 bridgehead atoms. The highest BCUT2D eigenvalue weighted by molar-refractivity contribution is 7.91. The lowest BCUT2D eigenvalue weighted by Gasteiger charge is -2.37. The van der Waals surface area contributed by atoms with Crippen LogP contribution in [0.25, 0.3) is 10.9 Å². The molecule has 2 N–H and O–H groups in total. The van der Waals surface area contributed by atoms with Crippen LogP contribution in [0.3, 0.4) is 0 Å². The smallest absolute Gasteiger partial charge is 0.306 e. The molecule has 7 aliphatic rings. The Morgan fingerprint density at radius 2 is 1.79 bits per heavy atom. The van der Waals surface area contributed by atoms with Gasteiger partial charge in [-0.15, -0.1) is 0 Å². The summed E-state index contributed by atoms with van der Waals surface area (Å²) in [6.45, 7) is 1.74. The maximum Gasteiger partial charge on any atom is 0.306 e. The van der Waals surface area contributed by atoms with Crippen LogP contribution in [-0.4, -0.2) is 83.7 Å². The molecule has 0 radical (unpaired) electrons. The maximum absolute atomic E-state index is 15.0. The van der Waals surface area contributed by atoms with Gasteiger partial charge < -0.3 is 24.4 Å². The molecule has 1 saturated heterocycles. The molecule has 312 valence electrons. The van der Waals surface area contributed by atoms with E-state index in [4.69, 9.17) is 19.2 Å². The van der Waals surface area contributed by atoms with Gasteiger partial charge in [-0.2, -0.15) is 0 Å². The topological polar surface area (TPSA) is 170 Å². The Morgan fingerprint density at radius 1 is 1.02 bits per heavy atom. The number of carbonyl (C=O) groups is 4. The number of carbonyl (C=O) groups excluding carboxylic acids is 4. The third kappa shape index (κ3) is 7.36. The third-order valence-electron chi connectivity index (χ3n) is 14.1. The number of sulfonamides is 1. The zero-order valence-corrected chi connectivity index (χ0v) is 34.5. The monoisotopic (exact) mass is 816 g/mol. The van der Waals surface area contributed by atoms with Gasteiger partial charge in [0, 0.05) is 41.2 Å². The van der Waals surface area contributed by atoms with E-state index in [1.807, 2.05) is 30.4 Å². The van der Waals surface area contributed by atoms with Crippen LogP contribution < -0.4 is 19.5 Å². The molecule has 14 heteroatoms. The molecule has 58 heavy (non-hydrogen) atoms. The number of amides is 3. The van der Waals surface area contributed by atoms with E-state index in [9.17, 15) is 27.6 Å². The SMILES string of the molecule is COc1ccc2c3c(c(C4CC4)nc2c1)O[C@]1(CC3)C[C@H]2C(=O)N[C@]3(C(=O)NS(=O)(=O)C4(C)CC4)C[C@H]3/C=C\CCCCC[C@H](CC(=O)OC3CCCC3)C(=O)N2C1. The number of fused-ring (bicyclic) bond motifs is 5. The number of benzene rings is 1. The Kier molecular flexibility index (Phi) is 10.0. The van der Waals surface area contributed by atoms with Crippen molar-refractivity contribution in [2.75, 3.05) is 13.7 Å². The lowest BCUT2D eigenvalue weighted by Crippen LogP contribution is -2.57. The van der Waals surface area contributed by atoms with Crippen molar-refractivity contribution in [2.24, 2.45) is 11.8 Å². The summed E-state index contributed by atoms with van der Waals surface area (Å²) in [4.78, 5) is 63.9. The number of esters is 1. The van der Waals surface area contributed by atoms with Gasteiger partial charge in [0.25, 0.3) is 5.91 Å². The van der Waals surface area contributed by atoms with Crippen molar-refractivity contribution in [1.82, 2.24) is 19.9 Å². The second kappa shape index (κ2) is 14.8. The van der Waals surface area contributed by atoms with Crippen LogP contribution in [0.2, 0.25) is 0 Å². The number of rotatable bonds is 8. The van der Waals surface area contributed by atoms with Crippen LogP contribution >= 0.6 is 0 Å². The maximum atomic E-state index is 15.0. The average molecular weight is 817 g/mol. The molecule has 4 saturated carbocycles. The first-order chi connectivity index (χ1) is 27.8. The largest absolute Gasteiger partial charge is 0.497 e. The minimum absolute atomic E-state index is 0.0764. The van der Waals surface area contributed by atoms with Gasteiger partial charge in [-0.05, 0) is 109 Å². The molecular weight excluding hydrogens is 761 g/mol. The lowest BCUT2D eigenvalue weighted by atomic mass is 9.86. The van der Waals surface area contributed by atoms with Gasteiger partial charge in [-0.25, -0.2) is 13.4 Å². The zero-order chi connectivity index (χ0) is 40.5. The lowest BCUT2D eigenvalue weighted by molar-refractivity contribution is -0.154. The fourth-order valence-electron chi connectivity index (χ4n) is 9.87. The zero-order valence-electron chi connectivity index (χ0n) is 33.7. The van der Waals surface area contributed by atoms with Crippen molar-refractivity contribution in [3.05, 3.63) is 41.6 Å². The molecule has 1 aromatic carbocycles. The summed E-state index contributed by atoms with van der Waals surface area (Å²) in [5, 5.41) is 3.99. The Balaban J connectivity index is 1.05. The van der Waals surface area contributed by atoms with Crippen LogP contribution in [0, 0.1) is 11.8 Å². The van der Waals surface area contributed by atoms with Crippen molar-refractivity contribution < 1.29 is 41.8 Å². The number of ether oxygens (including phenoxy) is 3. The fourth-order valence-corrected chi connectivity index (χ4v) is 11.2. The van der Waals surface area contributed by atoms with E-state index in [0.717, 1.165) is 97.9 Å². The third-order valence-corrected chi connectivity index (χ3v) is 16.3. The highest BCUT2D eigenvalue weighted by Gasteiger charge is 2.64. The van der Waals surface area contributed by atoms with Gasteiger partial charge in [0.15, 0.2) is 0 Å². The Labute approximate surface area is 340 Å². The molecule has 3 amide bonds. The highest BCUT2D eigenvalue weighted by Crippen LogP contribution is 2.52. The van der Waals surface area contributed by atoms with Gasteiger partial charge in [0.1, 0.15) is 34.8 Å². The number of hydrogen-bond donors (Lipinski definition) is 2. The number of allylic oxidation sites excluding steroid dienone is 1. The van der Waals surface area contributed by atoms with Crippen molar-refractivity contribution in [3.63, 3.8) is 0 Å². The average Bonchev–Trinajstić information content (AvgIpc) is 4.17. The molecule has 13 nitrogen and oxygen atoms in total. The van der Waals surface area contributed by atoms with Gasteiger partial charge in [-0.3, -0.25) is 23.9 Å². The first kappa shape index (κ1) is 39.3. The van der Waals surface area contributed by atoms with Gasteiger partial charge in [0.05, 0.1) is 36.0 Å². The summed E-state index contributed by atoms with van der Waals surface area (Å²) < 4.78 is 46.4. The van der Waals surface area contributed by atoms with Crippen LogP contribution in [0.5, 0.6) is 11.5 Å². The fraction of sp³-hybridized carbons (Fsp3) is 0.659. The molecule has 2 aromatic rings. The van der Waals surface area contributed by atoms with E-state index >= 15 is 0 Å². The molecule has 3 aliphatic heterocycles. The Bertz CT molecular complexity index is 2160. The molecule has 4 aliphatic carbocycles. The number of hydrogen-bond acceptors (Lipinski definition) is 10. The van der Waals surface area contributed by atoms with Crippen molar-refractivity contribution in [3.8, 4) is 11.5 Å². The molecule has 9 rings (SSSR count). The van der Waals surface area contributed by atoms with E-state index in [1.54, 1.807) is 18.9 Å². The van der Waals surface area contributed by atoms with E-state index in [1.165, 1.54) is 0 Å². The summed E-state index contributed by atoms with van der Waals surface area (Å²) in [7, 11) is -2.34. The van der Waals surface area contributed by atoms with Crippen LogP contribution in [-0.2, 0) is 40.4 Å². The molecule has 5 fully saturated rings. The predicted octanol–water partition coefficient (Wildman–Crippen LogP) is 5.67. The quantitative estimate of drug-likeness (QED) is 0.250. The van der Waals surface area contributed by atoms with Crippen molar-refractivity contribution in [2.45, 2.75) is 156 Å². The minimum Gasteiger partial charge on any atom is -0.497 e. The predicted molar refractivity (Wildman–Crippen MR) is 214 cm³/mol. The summed E-state index contributed by atoms with van der Waals surface area (Å²) in [6, 6.07) is 4.85. The Hall–Kier alpha value is -4.20. The summed E-state index contributed by atoms with van der Waals surface area (Å²) in [5.41, 5.74) is 0.371. The minimum atomic E-state index is -3.98. The first-order valence-electron chi connectivity index (χ1n) is 21.6. The number of pyridine rings is 1. The molecule has 4 heterocycles. The molecular formula is C44H56N4O9S. The van der Waals surface area contributed by atoms with Gasteiger partial charge in [0.2, 0.25) is 21.8 Å². The number of nitrogens with one attached hydrogen (secondary N) is 2. The standard InChI is InChI=1S/C44H56N4O9S/c1-42(20-21-42)58(53,54)47-41(52)44-24-29(44)11-7-5-3-4-6-10-28(22-36(49)56-30-12-8-9-13-30)40(51)48-26-43(25-35(48)39(50)46-44)19-18-33-32-17-16-31(55-2)23-34(32)45-37(27-14-15-27)38(33)57-43/h7,11,16-17,23,27-30,35H,3-6,8-10,12-15,18-22,24-26H2,1-2H3,(H,46,50)(H,47,52)/b11-7-/t28-,29-,35+,43-,44-/m1/s1. The van der Waals surface area contributed by atoms with Gasteiger partial charge >= 0.3 is 5.97 Å². The Morgan fingerprint density at radius 3 is 2.53 bits per heavy atom. The molecule has 0 unspecified atom stereocenters. The van der Waals surface area contributed by atoms with Crippen LogP contribution in [0.1, 0.15) is 133 Å². The van der Waals surface area contributed by atoms with E-state index in [0.29, 0.717) is 32.1 Å². The number of nitrogens with zero attached hydrogens (tertiary/aromatic N) is 2. The van der Waals surface area contributed by atoms with Crippen molar-refractivity contribution >= 4 is 44.6 Å². The van der Waals surface area contributed by atoms with Crippen LogP contribution in [0.15, 0.2) is 30.4 Å². The highest BCUT2D eigenvalue weighted by atomic mass is 32.2. The second-order valence-electron chi connectivity index (χ2n) is 18.5. The molecule has 1 aromatic heterocycles. The van der Waals surface area contributed by atoms with Crippen LogP contribution in [0.4, 0.5) is 0 Å². The summed E-state index contributed by atoms with van der Waals surface area (Å²) >= 11 is 0. The van der Waals surface area contributed by atoms with E-state index in [2.05, 4.69) is 10.0 Å². The second-order valence-corrected chi connectivity index (χ2v) is 20.6. The van der Waals surface area contributed by atoms with Crippen molar-refractivity contribution in [1.29, 1.82) is 0 Å². The number of methoxy groups -OCH3 is 1.